The summed E-state index contributed by atoms with van der Waals surface area (Å²) < 4.78 is 5.19. The molecule has 0 saturated heterocycles. The molecule has 0 fully saturated rings. The zero-order chi connectivity index (χ0) is 14.9. The van der Waals surface area contributed by atoms with Gasteiger partial charge in [0, 0.05) is 6.54 Å². The summed E-state index contributed by atoms with van der Waals surface area (Å²) in [6.07, 6.45) is 4.91. The van der Waals surface area contributed by atoms with Gasteiger partial charge in [0.05, 0.1) is 0 Å². The molecule has 0 saturated carbocycles. The van der Waals surface area contributed by atoms with Crippen molar-refractivity contribution in [2.24, 2.45) is 0 Å². The van der Waals surface area contributed by atoms with Crippen molar-refractivity contribution < 1.29 is 19.4 Å². The predicted molar refractivity (Wildman–Crippen MR) is 74.1 cm³/mol. The molecule has 0 bridgehead atoms. The molecule has 0 aliphatic heterocycles. The van der Waals surface area contributed by atoms with E-state index in [-0.39, 0.29) is 6.54 Å². The van der Waals surface area contributed by atoms with Crippen molar-refractivity contribution in [2.45, 2.75) is 52.1 Å². The highest BCUT2D eigenvalue weighted by Crippen LogP contribution is 2.11. The molecule has 0 aromatic rings. The van der Waals surface area contributed by atoms with Gasteiger partial charge in [-0.05, 0) is 40.0 Å². The van der Waals surface area contributed by atoms with Crippen LogP contribution in [0.15, 0.2) is 12.7 Å². The highest BCUT2D eigenvalue weighted by atomic mass is 16.6. The number of hydrogen-bond donors (Lipinski definition) is 1. The monoisotopic (exact) mass is 271 g/mol. The Morgan fingerprint density at radius 1 is 1.26 bits per heavy atom. The van der Waals surface area contributed by atoms with Gasteiger partial charge >= 0.3 is 12.1 Å². The van der Waals surface area contributed by atoms with E-state index in [2.05, 4.69) is 6.58 Å². The fourth-order valence-electron chi connectivity index (χ4n) is 1.49. The maximum Gasteiger partial charge on any atom is 0.410 e. The Balaban J connectivity index is 4.25. The minimum absolute atomic E-state index is 0.323. The third-order valence-electron chi connectivity index (χ3n) is 2.31. The summed E-state index contributed by atoms with van der Waals surface area (Å²) in [7, 11) is 0. The first kappa shape index (κ1) is 17.5. The van der Waals surface area contributed by atoms with Gasteiger partial charge < -0.3 is 9.84 Å². The second kappa shape index (κ2) is 8.56. The summed E-state index contributed by atoms with van der Waals surface area (Å²) in [6.45, 7) is 8.99. The number of hydrogen-bond acceptors (Lipinski definition) is 3. The summed E-state index contributed by atoms with van der Waals surface area (Å²) in [5.74, 6) is -1.03. The normalized spacial score (nSPS) is 10.9. The summed E-state index contributed by atoms with van der Waals surface area (Å²) in [5, 5.41) is 8.81. The molecule has 0 aromatic carbocycles. The molecule has 0 heterocycles. The molecule has 0 aliphatic carbocycles. The number of nitrogens with zero attached hydrogens (tertiary/aromatic N) is 1. The number of carboxylic acids is 1. The van der Waals surface area contributed by atoms with Crippen LogP contribution in [0.2, 0.25) is 0 Å². The molecular weight excluding hydrogens is 246 g/mol. The number of amides is 1. The average Bonchev–Trinajstić information content (AvgIpc) is 2.24. The fourth-order valence-corrected chi connectivity index (χ4v) is 1.49. The maximum absolute atomic E-state index is 11.8. The second-order valence-electron chi connectivity index (χ2n) is 5.43. The van der Waals surface area contributed by atoms with Gasteiger partial charge in [0.1, 0.15) is 12.1 Å². The van der Waals surface area contributed by atoms with E-state index in [4.69, 9.17) is 9.84 Å². The van der Waals surface area contributed by atoms with Gasteiger partial charge in [-0.3, -0.25) is 9.69 Å². The van der Waals surface area contributed by atoms with Gasteiger partial charge in [-0.25, -0.2) is 4.79 Å². The van der Waals surface area contributed by atoms with Crippen LogP contribution in [0.25, 0.3) is 0 Å². The maximum atomic E-state index is 11.8. The van der Waals surface area contributed by atoms with E-state index in [0.29, 0.717) is 6.54 Å². The number of carbonyl (C=O) groups is 2. The zero-order valence-corrected chi connectivity index (χ0v) is 12.1. The van der Waals surface area contributed by atoms with Crippen LogP contribution in [0.3, 0.4) is 0 Å². The van der Waals surface area contributed by atoms with Crippen molar-refractivity contribution in [1.29, 1.82) is 0 Å². The molecule has 0 rings (SSSR count). The van der Waals surface area contributed by atoms with E-state index in [1.807, 2.05) is 6.08 Å². The molecule has 110 valence electrons. The Morgan fingerprint density at radius 3 is 2.37 bits per heavy atom. The van der Waals surface area contributed by atoms with Crippen molar-refractivity contribution in [3.63, 3.8) is 0 Å². The van der Waals surface area contributed by atoms with Crippen LogP contribution in [0.4, 0.5) is 4.79 Å². The van der Waals surface area contributed by atoms with E-state index < -0.39 is 17.7 Å². The lowest BCUT2D eigenvalue weighted by atomic mass is 10.2. The van der Waals surface area contributed by atoms with Crippen LogP contribution >= 0.6 is 0 Å². The SMILES string of the molecule is C=CCCCCCN(CC(=O)O)C(=O)OC(C)(C)C. The lowest BCUT2D eigenvalue weighted by molar-refractivity contribution is -0.138. The molecule has 5 nitrogen and oxygen atoms in total. The highest BCUT2D eigenvalue weighted by molar-refractivity contribution is 5.76. The van der Waals surface area contributed by atoms with E-state index in [1.54, 1.807) is 20.8 Å². The Labute approximate surface area is 115 Å². The van der Waals surface area contributed by atoms with Crippen molar-refractivity contribution in [3.05, 3.63) is 12.7 Å². The molecule has 1 amide bonds. The van der Waals surface area contributed by atoms with Gasteiger partial charge in [0.25, 0.3) is 0 Å². The fraction of sp³-hybridized carbons (Fsp3) is 0.714. The minimum Gasteiger partial charge on any atom is -0.480 e. The number of rotatable bonds is 8. The summed E-state index contributed by atoms with van der Waals surface area (Å²) >= 11 is 0. The number of aliphatic carboxylic acids is 1. The van der Waals surface area contributed by atoms with Crippen LogP contribution in [0.5, 0.6) is 0 Å². The van der Waals surface area contributed by atoms with Crippen molar-refractivity contribution in [1.82, 2.24) is 4.90 Å². The molecule has 0 aromatic heterocycles. The number of carbonyl (C=O) groups excluding carboxylic acids is 1. The molecule has 0 atom stereocenters. The molecule has 5 heteroatoms. The van der Waals surface area contributed by atoms with Crippen LogP contribution in [-0.4, -0.2) is 40.8 Å². The molecule has 19 heavy (non-hydrogen) atoms. The Bertz CT molecular complexity index is 307. The molecule has 0 spiro atoms. The first-order chi connectivity index (χ1) is 8.76. The average molecular weight is 271 g/mol. The summed E-state index contributed by atoms with van der Waals surface area (Å²) in [4.78, 5) is 23.8. The van der Waals surface area contributed by atoms with Gasteiger partial charge in [0.15, 0.2) is 0 Å². The quantitative estimate of drug-likeness (QED) is 0.544. The van der Waals surface area contributed by atoms with E-state index >= 15 is 0 Å². The van der Waals surface area contributed by atoms with Gasteiger partial charge in [-0.15, -0.1) is 6.58 Å². The smallest absolute Gasteiger partial charge is 0.410 e. The van der Waals surface area contributed by atoms with Crippen LogP contribution < -0.4 is 0 Å². The van der Waals surface area contributed by atoms with Gasteiger partial charge in [0.2, 0.25) is 0 Å². The standard InChI is InChI=1S/C14H25NO4/c1-5-6-7-8-9-10-15(11-12(16)17)13(18)19-14(2,3)4/h5H,1,6-11H2,2-4H3,(H,16,17). The second-order valence-corrected chi connectivity index (χ2v) is 5.43. The number of ether oxygens (including phenoxy) is 1. The Hall–Kier alpha value is -1.52. The van der Waals surface area contributed by atoms with Crippen LogP contribution in [0.1, 0.15) is 46.5 Å². The Kier molecular flexibility index (Phi) is 7.87. The number of allylic oxidation sites excluding steroid dienone is 1. The largest absolute Gasteiger partial charge is 0.480 e. The third-order valence-corrected chi connectivity index (χ3v) is 2.31. The van der Waals surface area contributed by atoms with Crippen molar-refractivity contribution in [2.75, 3.05) is 13.1 Å². The predicted octanol–water partition coefficient (Wildman–Crippen LogP) is 3.05. The summed E-state index contributed by atoms with van der Waals surface area (Å²) in [6, 6.07) is 0. The molecule has 0 aliphatic rings. The van der Waals surface area contributed by atoms with Crippen LogP contribution in [0, 0.1) is 0 Å². The molecule has 1 N–H and O–H groups in total. The first-order valence-corrected chi connectivity index (χ1v) is 6.57. The molecule has 0 radical (unpaired) electrons. The minimum atomic E-state index is -1.03. The zero-order valence-electron chi connectivity index (χ0n) is 12.1. The van der Waals surface area contributed by atoms with E-state index in [1.165, 1.54) is 4.90 Å². The molecular formula is C14H25NO4. The van der Waals surface area contributed by atoms with Gasteiger partial charge in [-0.1, -0.05) is 12.5 Å². The molecule has 0 unspecified atom stereocenters. The number of carboxylic acid groups (broad SMARTS) is 1. The lowest BCUT2D eigenvalue weighted by Gasteiger charge is -2.26. The topological polar surface area (TPSA) is 66.8 Å². The van der Waals surface area contributed by atoms with Gasteiger partial charge in [-0.2, -0.15) is 0 Å². The lowest BCUT2D eigenvalue weighted by Crippen LogP contribution is -2.40. The third kappa shape index (κ3) is 10.1. The highest BCUT2D eigenvalue weighted by Gasteiger charge is 2.23. The van der Waals surface area contributed by atoms with E-state index in [0.717, 1.165) is 25.7 Å². The van der Waals surface area contributed by atoms with Crippen molar-refractivity contribution >= 4 is 12.1 Å². The van der Waals surface area contributed by atoms with E-state index in [9.17, 15) is 9.59 Å². The first-order valence-electron chi connectivity index (χ1n) is 6.57. The van der Waals surface area contributed by atoms with Crippen molar-refractivity contribution in [3.8, 4) is 0 Å². The summed E-state index contributed by atoms with van der Waals surface area (Å²) in [5.41, 5.74) is -0.614. The number of unbranched alkanes of at least 4 members (excludes halogenated alkanes) is 3. The van der Waals surface area contributed by atoms with Crippen LogP contribution in [-0.2, 0) is 9.53 Å². The Morgan fingerprint density at radius 2 is 1.89 bits per heavy atom.